The molecule has 11 nitrogen and oxygen atoms in total. The summed E-state index contributed by atoms with van der Waals surface area (Å²) in [6, 6.07) is 28.9. The molecule has 58 heavy (non-hydrogen) atoms. The number of nitrogens with one attached hydrogen (secondary N) is 2. The summed E-state index contributed by atoms with van der Waals surface area (Å²) < 4.78 is 0. The fraction of sp³-hybridized carbons (Fsp3) is 0.468. The van der Waals surface area contributed by atoms with Crippen LogP contribution in [0.25, 0.3) is 11.3 Å². The number of phenolic OH excluding ortho intramolecular Hbond substituents is 1. The van der Waals surface area contributed by atoms with Crippen LogP contribution in [0.5, 0.6) is 5.75 Å². The van der Waals surface area contributed by atoms with Crippen LogP contribution in [0.3, 0.4) is 0 Å². The Morgan fingerprint density at radius 3 is 2.34 bits per heavy atom. The number of hydrogen-bond donors (Lipinski definition) is 3. The minimum Gasteiger partial charge on any atom is -0.507 e. The molecule has 0 spiro atoms. The van der Waals surface area contributed by atoms with Gasteiger partial charge in [-0.3, -0.25) is 19.7 Å². The predicted octanol–water partition coefficient (Wildman–Crippen LogP) is 6.04. The molecular formula is C47H55N7O4. The van der Waals surface area contributed by atoms with Crippen LogP contribution in [0.4, 0.5) is 11.4 Å². The van der Waals surface area contributed by atoms with E-state index in [4.69, 9.17) is 0 Å². The molecule has 0 radical (unpaired) electrons. The van der Waals surface area contributed by atoms with E-state index in [-0.39, 0.29) is 40.7 Å². The number of hydrogen-bond acceptors (Lipinski definition) is 9. The molecule has 0 bridgehead atoms. The number of carbonyl (C=O) groups is 3. The summed E-state index contributed by atoms with van der Waals surface area (Å²) in [5, 5.41) is 25.0. The molecule has 5 heterocycles. The Bertz CT molecular complexity index is 2100. The molecule has 5 aliphatic rings. The van der Waals surface area contributed by atoms with Crippen molar-refractivity contribution >= 4 is 29.1 Å². The monoisotopic (exact) mass is 781 g/mol. The molecule has 302 valence electrons. The number of para-hydroxylation sites is 1. The fourth-order valence-corrected chi connectivity index (χ4v) is 10.4. The van der Waals surface area contributed by atoms with Gasteiger partial charge >= 0.3 is 0 Å². The molecular weight excluding hydrogens is 727 g/mol. The van der Waals surface area contributed by atoms with Crippen molar-refractivity contribution in [2.75, 3.05) is 55.6 Å². The first-order chi connectivity index (χ1) is 28.3. The van der Waals surface area contributed by atoms with Crippen LogP contribution < -0.4 is 20.4 Å². The maximum Gasteiger partial charge on any atom is 0.234 e. The zero-order valence-electron chi connectivity index (χ0n) is 33.3. The summed E-state index contributed by atoms with van der Waals surface area (Å²) in [6.45, 7) is 6.51. The Kier molecular flexibility index (Phi) is 10.9. The molecule has 1 aliphatic carbocycles. The van der Waals surface area contributed by atoms with Gasteiger partial charge in [-0.1, -0.05) is 54.6 Å². The molecule has 4 aliphatic heterocycles. The van der Waals surface area contributed by atoms with E-state index in [0.29, 0.717) is 48.5 Å². The van der Waals surface area contributed by atoms with E-state index in [0.717, 1.165) is 76.2 Å². The number of anilines is 2. The van der Waals surface area contributed by atoms with Crippen molar-refractivity contribution in [3.8, 4) is 17.0 Å². The van der Waals surface area contributed by atoms with Gasteiger partial charge in [-0.25, -0.2) is 0 Å². The van der Waals surface area contributed by atoms with E-state index in [9.17, 15) is 19.5 Å². The van der Waals surface area contributed by atoms with Gasteiger partial charge in [-0.05, 0) is 118 Å². The Morgan fingerprint density at radius 1 is 0.845 bits per heavy atom. The number of nitrogens with zero attached hydrogens (tertiary/aromatic N) is 5. The molecule has 9 rings (SSSR count). The largest absolute Gasteiger partial charge is 0.507 e. The number of carbonyl (C=O) groups excluding carboxylic acids is 3. The molecule has 4 saturated heterocycles. The summed E-state index contributed by atoms with van der Waals surface area (Å²) in [5.41, 5.74) is 5.65. The third-order valence-electron chi connectivity index (χ3n) is 14.1. The first-order valence-electron chi connectivity index (χ1n) is 21.5. The molecule has 1 saturated carbocycles. The fourth-order valence-electron chi connectivity index (χ4n) is 10.4. The van der Waals surface area contributed by atoms with Crippen LogP contribution >= 0.6 is 0 Å². The van der Waals surface area contributed by atoms with Crippen LogP contribution in [0, 0.1) is 17.8 Å². The highest BCUT2D eigenvalue weighted by Gasteiger charge is 2.52. The number of imide groups is 1. The molecule has 11 heteroatoms. The normalized spacial score (nSPS) is 24.8. The summed E-state index contributed by atoms with van der Waals surface area (Å²) in [7, 11) is 0. The Morgan fingerprint density at radius 2 is 1.59 bits per heavy atom. The van der Waals surface area contributed by atoms with Gasteiger partial charge < -0.3 is 25.1 Å². The number of aromatic nitrogens is 2. The SMILES string of the molecule is O=C1CC[C@H](c2ccc(N3CCC(CCN4CCC(C(=O)NCC5(c6ccccc6)CCN(c6cnnc(-c7ccccc7O)c6)CC5)C5CC54)CC3)cc2)C(=O)N1. The maximum atomic E-state index is 13.9. The van der Waals surface area contributed by atoms with Gasteiger partial charge in [0.25, 0.3) is 0 Å². The lowest BCUT2D eigenvalue weighted by Gasteiger charge is -2.43. The smallest absolute Gasteiger partial charge is 0.234 e. The van der Waals surface area contributed by atoms with Crippen LogP contribution in [0.15, 0.2) is 91.1 Å². The van der Waals surface area contributed by atoms with Crippen molar-refractivity contribution in [1.29, 1.82) is 0 Å². The third kappa shape index (κ3) is 8.06. The topological polar surface area (TPSA) is 131 Å². The average molecular weight is 782 g/mol. The van der Waals surface area contributed by atoms with Gasteiger partial charge in [0.1, 0.15) is 5.75 Å². The third-order valence-corrected chi connectivity index (χ3v) is 14.1. The first kappa shape index (κ1) is 38.2. The average Bonchev–Trinajstić information content (AvgIpc) is 4.08. The highest BCUT2D eigenvalue weighted by atomic mass is 16.3. The van der Waals surface area contributed by atoms with Gasteiger partial charge in [0.15, 0.2) is 0 Å². The lowest BCUT2D eigenvalue weighted by Crippen LogP contribution is -2.51. The van der Waals surface area contributed by atoms with E-state index in [1.165, 1.54) is 30.5 Å². The van der Waals surface area contributed by atoms with Crippen molar-refractivity contribution in [1.82, 2.24) is 25.7 Å². The van der Waals surface area contributed by atoms with Crippen molar-refractivity contribution in [3.05, 3.63) is 102 Å². The quantitative estimate of drug-likeness (QED) is 0.156. The predicted molar refractivity (Wildman–Crippen MR) is 224 cm³/mol. The minimum absolute atomic E-state index is 0.0921. The number of likely N-dealkylation sites (tertiary alicyclic amines) is 1. The molecule has 3 amide bonds. The molecule has 4 atom stereocenters. The lowest BCUT2D eigenvalue weighted by molar-refractivity contribution is -0.134. The Labute approximate surface area is 341 Å². The first-order valence-corrected chi connectivity index (χ1v) is 21.5. The summed E-state index contributed by atoms with van der Waals surface area (Å²) in [6.07, 6.45) is 10.2. The second-order valence-electron chi connectivity index (χ2n) is 17.4. The van der Waals surface area contributed by atoms with E-state index in [1.807, 2.05) is 18.2 Å². The number of benzene rings is 3. The number of amides is 3. The van der Waals surface area contributed by atoms with Crippen molar-refractivity contribution in [2.24, 2.45) is 17.8 Å². The van der Waals surface area contributed by atoms with Crippen LogP contribution in [0.1, 0.15) is 74.8 Å². The standard InChI is InChI=1S/C47H55N7O4/c55-43-9-5-4-8-39(43)41-28-36(30-49-51-41)53-26-20-47(21-27-53,34-6-2-1-3-7-34)31-48-45(57)38-19-25-54(42-29-40(38)42)24-18-32-16-22-52(23-17-32)35-12-10-33(11-13-35)37-14-15-44(56)50-46(37)58/h1-13,28,30,32,37-38,40,42,55H,14-27,29,31H2,(H,48,57)(H,50,56,58)/t37-,38?,40?,42?/m1/s1. The zero-order chi connectivity index (χ0) is 39.6. The van der Waals surface area contributed by atoms with Crippen molar-refractivity contribution in [2.45, 2.75) is 75.2 Å². The van der Waals surface area contributed by atoms with Gasteiger partial charge in [-0.2, -0.15) is 10.2 Å². The van der Waals surface area contributed by atoms with E-state index in [1.54, 1.807) is 18.3 Å². The van der Waals surface area contributed by atoms with Gasteiger partial charge in [0, 0.05) is 67.8 Å². The maximum absolute atomic E-state index is 13.9. The highest BCUT2D eigenvalue weighted by Crippen LogP contribution is 2.47. The van der Waals surface area contributed by atoms with Gasteiger partial charge in [0.05, 0.1) is 23.5 Å². The van der Waals surface area contributed by atoms with Crippen LogP contribution in [-0.2, 0) is 19.8 Å². The summed E-state index contributed by atoms with van der Waals surface area (Å²) in [5.74, 6) is 1.09. The lowest BCUT2D eigenvalue weighted by atomic mass is 9.72. The van der Waals surface area contributed by atoms with Crippen molar-refractivity contribution in [3.63, 3.8) is 0 Å². The van der Waals surface area contributed by atoms with Crippen LogP contribution in [-0.4, -0.2) is 89.8 Å². The number of piperidine rings is 4. The Balaban J connectivity index is 0.742. The Hall–Kier alpha value is -5.29. The number of fused-ring (bicyclic) bond motifs is 1. The van der Waals surface area contributed by atoms with Gasteiger partial charge in [0.2, 0.25) is 17.7 Å². The van der Waals surface area contributed by atoms with Gasteiger partial charge in [-0.15, -0.1) is 0 Å². The molecule has 3 N–H and O–H groups in total. The van der Waals surface area contributed by atoms with E-state index in [2.05, 4.69) is 90.1 Å². The molecule has 5 fully saturated rings. The van der Waals surface area contributed by atoms with Crippen molar-refractivity contribution < 1.29 is 19.5 Å². The molecule has 3 unspecified atom stereocenters. The highest BCUT2D eigenvalue weighted by molar-refractivity contribution is 6.01. The second kappa shape index (κ2) is 16.5. The second-order valence-corrected chi connectivity index (χ2v) is 17.4. The number of rotatable bonds is 11. The summed E-state index contributed by atoms with van der Waals surface area (Å²) >= 11 is 0. The molecule has 1 aromatic heterocycles. The summed E-state index contributed by atoms with van der Waals surface area (Å²) in [4.78, 5) is 45.3. The minimum atomic E-state index is -0.241. The van der Waals surface area contributed by atoms with E-state index >= 15 is 0 Å². The van der Waals surface area contributed by atoms with Crippen LogP contribution in [0.2, 0.25) is 0 Å². The van der Waals surface area contributed by atoms with E-state index < -0.39 is 0 Å². The zero-order valence-corrected chi connectivity index (χ0v) is 33.3. The molecule has 3 aromatic carbocycles. The number of aromatic hydroxyl groups is 1. The molecule has 4 aromatic rings. The number of phenols is 1.